The maximum atomic E-state index is 13.4. The largest absolute Gasteiger partial charge is 0.330 e. The third kappa shape index (κ3) is 4.68. The SMILES string of the molecule is Cc1cc(-c2nc3cc(F)ccc3s2)ccc1NC(=O)[C@H](N)CCCCN. The summed E-state index contributed by atoms with van der Waals surface area (Å²) in [6.45, 7) is 2.53. The van der Waals surface area contributed by atoms with Gasteiger partial charge in [-0.15, -0.1) is 11.3 Å². The molecule has 0 aliphatic rings. The van der Waals surface area contributed by atoms with Crippen molar-refractivity contribution in [2.24, 2.45) is 11.5 Å². The molecule has 1 amide bonds. The number of anilines is 1. The Balaban J connectivity index is 1.74. The average Bonchev–Trinajstić information content (AvgIpc) is 3.06. The summed E-state index contributed by atoms with van der Waals surface area (Å²) in [5.41, 5.74) is 14.6. The van der Waals surface area contributed by atoms with Gasteiger partial charge in [0.15, 0.2) is 0 Å². The summed E-state index contributed by atoms with van der Waals surface area (Å²) in [4.78, 5) is 16.8. The zero-order chi connectivity index (χ0) is 19.4. The fourth-order valence-electron chi connectivity index (χ4n) is 2.83. The number of benzene rings is 2. The van der Waals surface area contributed by atoms with Gasteiger partial charge in [-0.25, -0.2) is 9.37 Å². The molecule has 0 unspecified atom stereocenters. The number of nitrogens with zero attached hydrogens (tertiary/aromatic N) is 1. The van der Waals surface area contributed by atoms with Crippen LogP contribution in [-0.4, -0.2) is 23.5 Å². The molecule has 2 aromatic carbocycles. The molecule has 27 heavy (non-hydrogen) atoms. The van der Waals surface area contributed by atoms with Gasteiger partial charge in [-0.2, -0.15) is 0 Å². The molecule has 0 spiro atoms. The Morgan fingerprint density at radius 1 is 1.26 bits per heavy atom. The van der Waals surface area contributed by atoms with Crippen molar-refractivity contribution in [2.45, 2.75) is 32.2 Å². The zero-order valence-electron chi connectivity index (χ0n) is 15.2. The standard InChI is InChI=1S/C20H23FN4OS/c1-12-10-13(20-25-17-11-14(21)6-8-18(17)27-20)5-7-16(12)24-19(26)15(23)4-2-3-9-22/h5-8,10-11,15H,2-4,9,22-23H2,1H3,(H,24,26)/t15-/m1/s1. The van der Waals surface area contributed by atoms with E-state index in [4.69, 9.17) is 11.5 Å². The number of amides is 1. The number of hydrogen-bond acceptors (Lipinski definition) is 5. The number of aromatic nitrogens is 1. The van der Waals surface area contributed by atoms with Crippen molar-refractivity contribution < 1.29 is 9.18 Å². The number of thiazole rings is 1. The number of aryl methyl sites for hydroxylation is 1. The number of rotatable bonds is 7. The molecule has 1 heterocycles. The minimum Gasteiger partial charge on any atom is -0.330 e. The van der Waals surface area contributed by atoms with Gasteiger partial charge >= 0.3 is 0 Å². The first-order valence-corrected chi connectivity index (χ1v) is 9.73. The van der Waals surface area contributed by atoms with E-state index in [0.717, 1.165) is 39.4 Å². The van der Waals surface area contributed by atoms with Gasteiger partial charge in [-0.3, -0.25) is 4.79 Å². The van der Waals surface area contributed by atoms with Crippen molar-refractivity contribution in [1.29, 1.82) is 0 Å². The van der Waals surface area contributed by atoms with Gasteiger partial charge in [-0.1, -0.05) is 6.42 Å². The van der Waals surface area contributed by atoms with E-state index in [0.29, 0.717) is 18.5 Å². The number of carbonyl (C=O) groups is 1. The number of halogens is 1. The fraction of sp³-hybridized carbons (Fsp3) is 0.300. The summed E-state index contributed by atoms with van der Waals surface area (Å²) in [6, 6.07) is 9.77. The lowest BCUT2D eigenvalue weighted by Crippen LogP contribution is -2.35. The van der Waals surface area contributed by atoms with Crippen molar-refractivity contribution in [3.05, 3.63) is 47.8 Å². The molecule has 7 heteroatoms. The number of nitrogens with one attached hydrogen (secondary N) is 1. The van der Waals surface area contributed by atoms with Gasteiger partial charge in [0.05, 0.1) is 16.3 Å². The van der Waals surface area contributed by atoms with E-state index < -0.39 is 6.04 Å². The third-order valence-corrected chi connectivity index (χ3v) is 5.47. The normalized spacial score (nSPS) is 12.3. The predicted molar refractivity (Wildman–Crippen MR) is 109 cm³/mol. The smallest absolute Gasteiger partial charge is 0.241 e. The molecule has 0 radical (unpaired) electrons. The summed E-state index contributed by atoms with van der Waals surface area (Å²) in [6.07, 6.45) is 2.31. The minimum absolute atomic E-state index is 0.196. The molecule has 0 saturated carbocycles. The molecule has 0 bridgehead atoms. The van der Waals surface area contributed by atoms with Crippen molar-refractivity contribution in [2.75, 3.05) is 11.9 Å². The summed E-state index contributed by atoms with van der Waals surface area (Å²) in [7, 11) is 0. The van der Waals surface area contributed by atoms with Crippen molar-refractivity contribution in [3.8, 4) is 10.6 Å². The second-order valence-electron chi connectivity index (χ2n) is 6.54. The van der Waals surface area contributed by atoms with Crippen LogP contribution in [0.5, 0.6) is 0 Å². The molecular weight excluding hydrogens is 363 g/mol. The molecule has 1 atom stereocenters. The Morgan fingerprint density at radius 2 is 2.07 bits per heavy atom. The topological polar surface area (TPSA) is 94.0 Å². The highest BCUT2D eigenvalue weighted by atomic mass is 32.1. The molecule has 0 aliphatic heterocycles. The van der Waals surface area contributed by atoms with Gasteiger partial charge in [0.2, 0.25) is 5.91 Å². The number of unbranched alkanes of at least 4 members (excludes halogenated alkanes) is 1. The van der Waals surface area contributed by atoms with Crippen LogP contribution in [0, 0.1) is 12.7 Å². The second-order valence-corrected chi connectivity index (χ2v) is 7.57. The Labute approximate surface area is 161 Å². The van der Waals surface area contributed by atoms with Gasteiger partial charge in [0, 0.05) is 17.3 Å². The van der Waals surface area contributed by atoms with Crippen molar-refractivity contribution >= 4 is 33.1 Å². The van der Waals surface area contributed by atoms with Gasteiger partial charge in [0.25, 0.3) is 0 Å². The third-order valence-electron chi connectivity index (χ3n) is 4.39. The number of fused-ring (bicyclic) bond motifs is 1. The highest BCUT2D eigenvalue weighted by molar-refractivity contribution is 7.21. The van der Waals surface area contributed by atoms with E-state index in [1.54, 1.807) is 6.07 Å². The van der Waals surface area contributed by atoms with E-state index in [2.05, 4.69) is 10.3 Å². The molecule has 5 nitrogen and oxygen atoms in total. The van der Waals surface area contributed by atoms with E-state index in [1.807, 2.05) is 25.1 Å². The molecule has 0 saturated heterocycles. The summed E-state index contributed by atoms with van der Waals surface area (Å²) in [5, 5.41) is 3.70. The van der Waals surface area contributed by atoms with Crippen LogP contribution in [0.4, 0.5) is 10.1 Å². The van der Waals surface area contributed by atoms with Crippen LogP contribution in [-0.2, 0) is 4.79 Å². The summed E-state index contributed by atoms with van der Waals surface area (Å²) in [5.74, 6) is -0.491. The second kappa shape index (κ2) is 8.56. The first-order valence-electron chi connectivity index (χ1n) is 8.91. The van der Waals surface area contributed by atoms with E-state index in [-0.39, 0.29) is 11.7 Å². The maximum absolute atomic E-state index is 13.4. The van der Waals surface area contributed by atoms with Crippen LogP contribution in [0.15, 0.2) is 36.4 Å². The van der Waals surface area contributed by atoms with Crippen molar-refractivity contribution in [1.82, 2.24) is 4.98 Å². The van der Waals surface area contributed by atoms with Crippen molar-refractivity contribution in [3.63, 3.8) is 0 Å². The Hall–Kier alpha value is -2.35. The van der Waals surface area contributed by atoms with Crippen LogP contribution in [0.25, 0.3) is 20.8 Å². The monoisotopic (exact) mass is 386 g/mol. The molecule has 5 N–H and O–H groups in total. The first kappa shape index (κ1) is 19.4. The highest BCUT2D eigenvalue weighted by Gasteiger charge is 2.15. The van der Waals surface area contributed by atoms with Gasteiger partial charge in [0.1, 0.15) is 10.8 Å². The van der Waals surface area contributed by atoms with Gasteiger partial charge < -0.3 is 16.8 Å². The lowest BCUT2D eigenvalue weighted by atomic mass is 10.1. The molecule has 3 aromatic rings. The number of nitrogens with two attached hydrogens (primary N) is 2. The predicted octanol–water partition coefficient (Wildman–Crippen LogP) is 3.81. The van der Waals surface area contributed by atoms with Crippen LogP contribution in [0.2, 0.25) is 0 Å². The minimum atomic E-state index is -0.546. The lowest BCUT2D eigenvalue weighted by Gasteiger charge is -2.14. The first-order chi connectivity index (χ1) is 13.0. The Bertz CT molecular complexity index is 956. The van der Waals surface area contributed by atoms with Crippen LogP contribution >= 0.6 is 11.3 Å². The van der Waals surface area contributed by atoms with E-state index >= 15 is 0 Å². The highest BCUT2D eigenvalue weighted by Crippen LogP contribution is 2.32. The molecule has 3 rings (SSSR count). The molecular formula is C20H23FN4OS. The molecule has 142 valence electrons. The van der Waals surface area contributed by atoms with Gasteiger partial charge in [-0.05, 0) is 62.2 Å². The maximum Gasteiger partial charge on any atom is 0.241 e. The van der Waals surface area contributed by atoms with E-state index in [9.17, 15) is 9.18 Å². The Morgan fingerprint density at radius 3 is 2.81 bits per heavy atom. The van der Waals surface area contributed by atoms with E-state index in [1.165, 1.54) is 23.5 Å². The van der Waals surface area contributed by atoms with Crippen LogP contribution in [0.3, 0.4) is 0 Å². The number of carbonyl (C=O) groups excluding carboxylic acids is 1. The lowest BCUT2D eigenvalue weighted by molar-refractivity contribution is -0.117. The quantitative estimate of drug-likeness (QED) is 0.538. The Kier molecular flexibility index (Phi) is 6.15. The molecule has 0 aliphatic carbocycles. The summed E-state index contributed by atoms with van der Waals surface area (Å²) < 4.78 is 14.3. The summed E-state index contributed by atoms with van der Waals surface area (Å²) >= 11 is 1.51. The number of hydrogen-bond donors (Lipinski definition) is 3. The van der Waals surface area contributed by atoms with Crippen LogP contribution < -0.4 is 16.8 Å². The zero-order valence-corrected chi connectivity index (χ0v) is 16.0. The average molecular weight is 386 g/mol. The molecule has 0 fully saturated rings. The van der Waals surface area contributed by atoms with Crippen LogP contribution in [0.1, 0.15) is 24.8 Å². The molecule has 1 aromatic heterocycles. The fourth-order valence-corrected chi connectivity index (χ4v) is 3.77.